The van der Waals surface area contributed by atoms with Gasteiger partial charge >= 0.3 is 0 Å². The Morgan fingerprint density at radius 1 is 1.33 bits per heavy atom. The third-order valence-electron chi connectivity index (χ3n) is 5.10. The highest BCUT2D eigenvalue weighted by Gasteiger charge is 2.52. The Hall–Kier alpha value is -1.48. The second kappa shape index (κ2) is 6.52. The molecule has 1 saturated carbocycles. The van der Waals surface area contributed by atoms with Gasteiger partial charge in [0.2, 0.25) is 0 Å². The molecule has 2 fully saturated rings. The summed E-state index contributed by atoms with van der Waals surface area (Å²) < 4.78 is 0. The second-order valence-electron chi connectivity index (χ2n) is 6.49. The zero-order valence-corrected chi connectivity index (χ0v) is 12.6. The largest absolute Gasteiger partial charge is 0.317 e. The number of nitrogens with zero attached hydrogens (tertiary/aromatic N) is 1. The molecule has 0 amide bonds. The van der Waals surface area contributed by atoms with Gasteiger partial charge < -0.3 is 5.32 Å². The zero-order valence-electron chi connectivity index (χ0n) is 12.6. The topological polar surface area (TPSA) is 42.0 Å². The van der Waals surface area contributed by atoms with Crippen molar-refractivity contribution < 1.29 is 4.79 Å². The van der Waals surface area contributed by atoms with Crippen molar-refractivity contribution in [1.29, 1.82) is 0 Å². The van der Waals surface area contributed by atoms with Crippen LogP contribution in [-0.2, 0) is 4.79 Å². The highest BCUT2D eigenvalue weighted by molar-refractivity contribution is 5.93. The van der Waals surface area contributed by atoms with Gasteiger partial charge in [-0.25, -0.2) is 0 Å². The molecule has 1 aromatic rings. The van der Waals surface area contributed by atoms with Gasteiger partial charge in [0.05, 0.1) is 0 Å². The van der Waals surface area contributed by atoms with Crippen LogP contribution in [0, 0.1) is 11.3 Å². The van der Waals surface area contributed by atoms with Crippen LogP contribution < -0.4 is 5.32 Å². The molecular weight excluding hydrogens is 260 g/mol. The van der Waals surface area contributed by atoms with Crippen LogP contribution in [0.3, 0.4) is 0 Å². The van der Waals surface area contributed by atoms with Crippen LogP contribution in [0.4, 0.5) is 0 Å². The lowest BCUT2D eigenvalue weighted by Crippen LogP contribution is -2.29. The molecule has 3 heteroatoms. The van der Waals surface area contributed by atoms with Crippen LogP contribution in [-0.4, -0.2) is 23.9 Å². The van der Waals surface area contributed by atoms with Crippen LogP contribution in [0.15, 0.2) is 30.6 Å². The molecule has 1 aliphatic heterocycles. The van der Waals surface area contributed by atoms with Crippen molar-refractivity contribution in [2.24, 2.45) is 11.3 Å². The summed E-state index contributed by atoms with van der Waals surface area (Å²) in [5.74, 6) is 1.13. The predicted molar refractivity (Wildman–Crippen MR) is 84.8 cm³/mol. The van der Waals surface area contributed by atoms with Crippen molar-refractivity contribution in [3.8, 4) is 0 Å². The summed E-state index contributed by atoms with van der Waals surface area (Å²) in [6, 6.07) is 3.82. The number of pyridine rings is 1. The van der Waals surface area contributed by atoms with E-state index in [9.17, 15) is 4.79 Å². The molecule has 112 valence electrons. The monoisotopic (exact) mass is 284 g/mol. The van der Waals surface area contributed by atoms with Crippen LogP contribution in [0.25, 0.3) is 6.08 Å². The van der Waals surface area contributed by atoms with Gasteiger partial charge in [0.25, 0.3) is 0 Å². The summed E-state index contributed by atoms with van der Waals surface area (Å²) in [6.07, 6.45) is 14.1. The third kappa shape index (κ3) is 3.79. The number of rotatable bonds is 6. The predicted octanol–water partition coefficient (Wildman–Crippen LogP) is 3.22. The SMILES string of the molecule is O=C(C=Cc1ccncc1)CCCC1CC12CCNCC2. The van der Waals surface area contributed by atoms with E-state index in [1.165, 1.54) is 38.8 Å². The molecule has 1 spiro atoms. The molecule has 1 atom stereocenters. The van der Waals surface area contributed by atoms with Gasteiger partial charge in [-0.05, 0) is 80.3 Å². The average Bonchev–Trinajstić information content (AvgIpc) is 3.18. The fourth-order valence-corrected chi connectivity index (χ4v) is 3.65. The normalized spacial score (nSPS) is 23.5. The summed E-state index contributed by atoms with van der Waals surface area (Å²) in [4.78, 5) is 15.8. The molecule has 0 radical (unpaired) electrons. The molecule has 0 aromatic carbocycles. The number of allylic oxidation sites excluding steroid dienone is 1. The molecular formula is C18H24N2O. The number of carbonyl (C=O) groups is 1. The molecule has 2 heterocycles. The highest BCUT2D eigenvalue weighted by atomic mass is 16.1. The molecule has 1 aliphatic carbocycles. The zero-order chi connectivity index (χ0) is 14.5. The maximum Gasteiger partial charge on any atom is 0.155 e. The Kier molecular flexibility index (Phi) is 4.49. The first-order chi connectivity index (χ1) is 10.3. The van der Waals surface area contributed by atoms with Crippen molar-refractivity contribution in [1.82, 2.24) is 10.3 Å². The number of nitrogens with one attached hydrogen (secondary N) is 1. The fourth-order valence-electron chi connectivity index (χ4n) is 3.65. The minimum atomic E-state index is 0.242. The quantitative estimate of drug-likeness (QED) is 0.816. The van der Waals surface area contributed by atoms with E-state index in [2.05, 4.69) is 10.3 Å². The van der Waals surface area contributed by atoms with Gasteiger partial charge in [0.15, 0.2) is 5.78 Å². The smallest absolute Gasteiger partial charge is 0.155 e. The van der Waals surface area contributed by atoms with E-state index in [1.807, 2.05) is 18.2 Å². The lowest BCUT2D eigenvalue weighted by molar-refractivity contribution is -0.114. The summed E-state index contributed by atoms with van der Waals surface area (Å²) >= 11 is 0. The van der Waals surface area contributed by atoms with Crippen molar-refractivity contribution in [2.75, 3.05) is 13.1 Å². The van der Waals surface area contributed by atoms with E-state index in [1.54, 1.807) is 18.5 Å². The third-order valence-corrected chi connectivity index (χ3v) is 5.10. The molecule has 1 aromatic heterocycles. The van der Waals surface area contributed by atoms with Crippen molar-refractivity contribution in [3.63, 3.8) is 0 Å². The lowest BCUT2D eigenvalue weighted by Gasteiger charge is -2.23. The molecule has 0 bridgehead atoms. The number of hydrogen-bond donors (Lipinski definition) is 1. The van der Waals surface area contributed by atoms with E-state index >= 15 is 0 Å². The van der Waals surface area contributed by atoms with E-state index in [0.29, 0.717) is 11.8 Å². The van der Waals surface area contributed by atoms with Crippen molar-refractivity contribution >= 4 is 11.9 Å². The Morgan fingerprint density at radius 3 is 2.86 bits per heavy atom. The van der Waals surface area contributed by atoms with Crippen molar-refractivity contribution in [3.05, 3.63) is 36.2 Å². The number of piperidine rings is 1. The number of carbonyl (C=O) groups excluding carboxylic acids is 1. The van der Waals surface area contributed by atoms with Crippen molar-refractivity contribution in [2.45, 2.75) is 38.5 Å². The van der Waals surface area contributed by atoms with Gasteiger partial charge in [-0.1, -0.05) is 6.08 Å². The Bertz CT molecular complexity index is 503. The minimum absolute atomic E-state index is 0.242. The van der Waals surface area contributed by atoms with E-state index in [-0.39, 0.29) is 5.78 Å². The standard InChI is InChI=1S/C18H24N2O/c21-17(5-4-15-6-10-19-11-7-15)3-1-2-16-14-18(16)8-12-20-13-9-18/h4-7,10-11,16,20H,1-3,8-9,12-14H2. The summed E-state index contributed by atoms with van der Waals surface area (Å²) in [6.45, 7) is 2.37. The van der Waals surface area contributed by atoms with Gasteiger partial charge in [0.1, 0.15) is 0 Å². The van der Waals surface area contributed by atoms with Gasteiger partial charge in [0, 0.05) is 18.8 Å². The van der Waals surface area contributed by atoms with Crippen LogP contribution >= 0.6 is 0 Å². The van der Waals surface area contributed by atoms with Crippen LogP contribution in [0.1, 0.15) is 44.1 Å². The molecule has 1 saturated heterocycles. The fraction of sp³-hybridized carbons (Fsp3) is 0.556. The number of aromatic nitrogens is 1. The Labute approximate surface area is 126 Å². The van der Waals surface area contributed by atoms with Crippen LogP contribution in [0.2, 0.25) is 0 Å². The second-order valence-corrected chi connectivity index (χ2v) is 6.49. The number of hydrogen-bond acceptors (Lipinski definition) is 3. The molecule has 1 unspecified atom stereocenters. The first kappa shape index (κ1) is 14.5. The van der Waals surface area contributed by atoms with Gasteiger partial charge in [-0.15, -0.1) is 0 Å². The Morgan fingerprint density at radius 2 is 2.10 bits per heavy atom. The maximum atomic E-state index is 11.9. The summed E-state index contributed by atoms with van der Waals surface area (Å²) in [5, 5.41) is 3.44. The van der Waals surface area contributed by atoms with Gasteiger partial charge in [-0.3, -0.25) is 9.78 Å². The molecule has 3 rings (SSSR count). The summed E-state index contributed by atoms with van der Waals surface area (Å²) in [5.41, 5.74) is 1.69. The lowest BCUT2D eigenvalue weighted by atomic mass is 9.90. The van der Waals surface area contributed by atoms with Gasteiger partial charge in [-0.2, -0.15) is 0 Å². The van der Waals surface area contributed by atoms with E-state index < -0.39 is 0 Å². The maximum absolute atomic E-state index is 11.9. The Balaban J connectivity index is 1.36. The van der Waals surface area contributed by atoms with E-state index in [4.69, 9.17) is 0 Å². The van der Waals surface area contributed by atoms with Crippen LogP contribution in [0.5, 0.6) is 0 Å². The minimum Gasteiger partial charge on any atom is -0.317 e. The average molecular weight is 284 g/mol. The molecule has 1 N–H and O–H groups in total. The molecule has 2 aliphatic rings. The highest BCUT2D eigenvalue weighted by Crippen LogP contribution is 2.60. The van der Waals surface area contributed by atoms with E-state index in [0.717, 1.165) is 17.9 Å². The first-order valence-corrected chi connectivity index (χ1v) is 8.10. The number of ketones is 1. The first-order valence-electron chi connectivity index (χ1n) is 8.10. The molecule has 3 nitrogen and oxygen atoms in total. The summed E-state index contributed by atoms with van der Waals surface area (Å²) in [7, 11) is 0. The molecule has 21 heavy (non-hydrogen) atoms.